The second-order valence-corrected chi connectivity index (χ2v) is 14.7. The van der Waals surface area contributed by atoms with Crippen molar-refractivity contribution in [3.05, 3.63) is 52.9 Å². The molecule has 2 N–H and O–H groups in total. The molecule has 1 aliphatic heterocycles. The lowest BCUT2D eigenvalue weighted by atomic mass is 9.87. The molecular formula is C32H40BrN8O2P. The van der Waals surface area contributed by atoms with Crippen molar-refractivity contribution >= 4 is 63.3 Å². The number of aromatic nitrogens is 4. The van der Waals surface area contributed by atoms with Gasteiger partial charge in [0, 0.05) is 80.7 Å². The maximum atomic E-state index is 6.52. The van der Waals surface area contributed by atoms with Gasteiger partial charge in [0.05, 0.1) is 28.3 Å². The zero-order chi connectivity index (χ0) is 30.8. The monoisotopic (exact) mass is 678 g/mol. The van der Waals surface area contributed by atoms with Crippen LogP contribution in [0.4, 0.5) is 23.1 Å². The van der Waals surface area contributed by atoms with Gasteiger partial charge in [-0.1, -0.05) is 14.8 Å². The summed E-state index contributed by atoms with van der Waals surface area (Å²) >= 11 is 3.63. The van der Waals surface area contributed by atoms with E-state index >= 15 is 0 Å². The normalized spacial score (nSPS) is 19.2. The molecule has 4 aromatic rings. The van der Waals surface area contributed by atoms with Gasteiger partial charge in [-0.25, -0.2) is 4.98 Å². The number of likely N-dealkylation sites (N-methyl/N-ethyl adjacent to an activating group) is 1. The van der Waals surface area contributed by atoms with Crippen molar-refractivity contribution in [2.75, 3.05) is 64.3 Å². The number of ether oxygens (including phenoxy) is 2. The van der Waals surface area contributed by atoms with Crippen molar-refractivity contribution < 1.29 is 9.47 Å². The first-order valence-electron chi connectivity index (χ1n) is 15.1. The van der Waals surface area contributed by atoms with Gasteiger partial charge in [0.15, 0.2) is 0 Å². The molecule has 232 valence electrons. The van der Waals surface area contributed by atoms with Crippen LogP contribution in [0.3, 0.4) is 0 Å². The summed E-state index contributed by atoms with van der Waals surface area (Å²) in [7, 11) is 3.41. The van der Waals surface area contributed by atoms with E-state index < -0.39 is 7.92 Å². The van der Waals surface area contributed by atoms with Gasteiger partial charge in [-0.2, -0.15) is 4.98 Å². The van der Waals surface area contributed by atoms with Crippen LogP contribution >= 0.6 is 23.9 Å². The first-order valence-corrected chi connectivity index (χ1v) is 18.1. The van der Waals surface area contributed by atoms with E-state index in [0.717, 1.165) is 88.9 Å². The number of fused-ring (bicyclic) bond motifs is 1. The van der Waals surface area contributed by atoms with E-state index in [0.29, 0.717) is 23.6 Å². The summed E-state index contributed by atoms with van der Waals surface area (Å²) in [5.74, 6) is 2.68. The van der Waals surface area contributed by atoms with E-state index in [-0.39, 0.29) is 6.10 Å². The summed E-state index contributed by atoms with van der Waals surface area (Å²) in [6.07, 6.45) is 8.42. The second kappa shape index (κ2) is 13.5. The van der Waals surface area contributed by atoms with Gasteiger partial charge in [0.1, 0.15) is 23.4 Å². The number of hydrogen-bond acceptors (Lipinski definition) is 10. The van der Waals surface area contributed by atoms with Gasteiger partial charge in [0.2, 0.25) is 5.95 Å². The maximum absolute atomic E-state index is 6.52. The summed E-state index contributed by atoms with van der Waals surface area (Å²) in [6.45, 7) is 11.2. The average molecular weight is 680 g/mol. The van der Waals surface area contributed by atoms with Crippen molar-refractivity contribution in [2.24, 2.45) is 0 Å². The number of hydrogen-bond donors (Lipinski definition) is 2. The smallest absolute Gasteiger partial charge is 0.229 e. The van der Waals surface area contributed by atoms with Crippen molar-refractivity contribution in [1.82, 2.24) is 29.7 Å². The highest BCUT2D eigenvalue weighted by molar-refractivity contribution is 9.10. The zero-order valence-electron chi connectivity index (χ0n) is 26.0. The average Bonchev–Trinajstić information content (AvgIpc) is 3.00. The summed E-state index contributed by atoms with van der Waals surface area (Å²) in [5, 5.41) is 8.06. The molecule has 12 heteroatoms. The Morgan fingerprint density at radius 3 is 2.48 bits per heavy atom. The topological polar surface area (TPSA) is 101 Å². The Bertz CT molecular complexity index is 1630. The van der Waals surface area contributed by atoms with Gasteiger partial charge in [-0.15, -0.1) is 0 Å². The third-order valence-corrected chi connectivity index (χ3v) is 10.4. The number of aryl methyl sites for hydroxylation is 1. The van der Waals surface area contributed by atoms with Gasteiger partial charge in [0.25, 0.3) is 0 Å². The fourth-order valence-corrected chi connectivity index (χ4v) is 7.39. The van der Waals surface area contributed by atoms with Gasteiger partial charge in [-0.3, -0.25) is 14.9 Å². The lowest BCUT2D eigenvalue weighted by Crippen LogP contribution is -2.55. The molecule has 0 radical (unpaired) electrons. The third kappa shape index (κ3) is 6.61. The lowest BCUT2D eigenvalue weighted by Gasteiger charge is -2.45. The minimum Gasteiger partial charge on any atom is -0.494 e. The number of methoxy groups -OCH3 is 1. The number of nitrogens with one attached hydrogen (secondary N) is 2. The summed E-state index contributed by atoms with van der Waals surface area (Å²) < 4.78 is 13.1. The Balaban J connectivity index is 1.19. The predicted molar refractivity (Wildman–Crippen MR) is 183 cm³/mol. The Kier molecular flexibility index (Phi) is 9.47. The Morgan fingerprint density at radius 1 is 0.977 bits per heavy atom. The molecule has 2 aliphatic rings. The van der Waals surface area contributed by atoms with Crippen LogP contribution in [0, 0.1) is 0 Å². The second-order valence-electron chi connectivity index (χ2n) is 11.6. The van der Waals surface area contributed by atoms with E-state index in [1.165, 1.54) is 0 Å². The highest BCUT2D eigenvalue weighted by atomic mass is 79.9. The van der Waals surface area contributed by atoms with Crippen LogP contribution in [-0.4, -0.2) is 95.5 Å². The molecule has 0 spiro atoms. The maximum Gasteiger partial charge on any atom is 0.229 e. The molecule has 0 atom stereocenters. The van der Waals surface area contributed by atoms with Crippen LogP contribution in [0.2, 0.25) is 0 Å². The van der Waals surface area contributed by atoms with E-state index in [9.17, 15) is 0 Å². The van der Waals surface area contributed by atoms with Crippen molar-refractivity contribution in [1.29, 1.82) is 0 Å². The minimum atomic E-state index is -0.468. The zero-order valence-corrected chi connectivity index (χ0v) is 28.5. The van der Waals surface area contributed by atoms with E-state index in [4.69, 9.17) is 14.5 Å². The molecule has 0 bridgehead atoms. The fraction of sp³-hybridized carbons (Fsp3) is 0.438. The number of rotatable bonds is 10. The van der Waals surface area contributed by atoms with Crippen LogP contribution in [0.5, 0.6) is 11.5 Å². The molecule has 2 fully saturated rings. The van der Waals surface area contributed by atoms with Crippen LogP contribution in [0.15, 0.2) is 47.3 Å². The largest absolute Gasteiger partial charge is 0.494 e. The lowest BCUT2D eigenvalue weighted by molar-refractivity contribution is -0.00234. The predicted octanol–water partition coefficient (Wildman–Crippen LogP) is 5.76. The molecule has 1 aliphatic carbocycles. The van der Waals surface area contributed by atoms with Crippen LogP contribution < -0.4 is 25.4 Å². The van der Waals surface area contributed by atoms with Crippen molar-refractivity contribution in [3.63, 3.8) is 0 Å². The standard InChI is InChI=1S/C32H40BrN8O2P/c1-6-20-15-26(28(42-3)18-27(20)43-22-16-21(17-22)41-13-11-40(2)12-14-41)38-32-36-19-23(33)31(39-32)37-25-8-7-24-29(30(25)44(4)5)35-10-9-34-24/h7-10,15,18-19,21-22H,6,11-14,16-17H2,1-5H3,(H2,36,37,38,39). The third-order valence-electron chi connectivity index (χ3n) is 8.49. The quantitative estimate of drug-likeness (QED) is 0.201. The number of piperazine rings is 1. The number of halogens is 1. The summed E-state index contributed by atoms with van der Waals surface area (Å²) in [4.78, 5) is 23.5. The van der Waals surface area contributed by atoms with E-state index in [1.54, 1.807) is 25.7 Å². The summed E-state index contributed by atoms with van der Waals surface area (Å²) in [6, 6.07) is 8.73. The summed E-state index contributed by atoms with van der Waals surface area (Å²) in [5.41, 5.74) is 4.66. The van der Waals surface area contributed by atoms with Crippen LogP contribution in [0.25, 0.3) is 11.0 Å². The van der Waals surface area contributed by atoms with E-state index in [1.807, 2.05) is 18.2 Å². The first kappa shape index (κ1) is 30.9. The molecule has 6 rings (SSSR count). The van der Waals surface area contributed by atoms with Crippen molar-refractivity contribution in [3.8, 4) is 11.5 Å². The van der Waals surface area contributed by atoms with Crippen LogP contribution in [-0.2, 0) is 6.42 Å². The number of nitrogens with zero attached hydrogens (tertiary/aromatic N) is 6. The molecule has 1 saturated heterocycles. The molecule has 0 amide bonds. The van der Waals surface area contributed by atoms with Gasteiger partial charge >= 0.3 is 0 Å². The molecular weight excluding hydrogens is 639 g/mol. The molecule has 3 heterocycles. The number of anilines is 4. The number of benzene rings is 2. The minimum absolute atomic E-state index is 0.232. The first-order chi connectivity index (χ1) is 21.3. The molecule has 44 heavy (non-hydrogen) atoms. The molecule has 1 saturated carbocycles. The Labute approximate surface area is 268 Å². The molecule has 2 aromatic carbocycles. The Morgan fingerprint density at radius 2 is 1.75 bits per heavy atom. The highest BCUT2D eigenvalue weighted by Crippen LogP contribution is 2.39. The molecule has 0 unspecified atom stereocenters. The SMILES string of the molecule is CCc1cc(Nc2ncc(Br)c(Nc3ccc4nccnc4c3P(C)C)n2)c(OC)cc1OC1CC(N2CCN(C)CC2)C1. The molecule has 2 aromatic heterocycles. The van der Waals surface area contributed by atoms with Gasteiger partial charge < -0.3 is 25.0 Å². The van der Waals surface area contributed by atoms with Gasteiger partial charge in [-0.05, 0) is 66.5 Å². The van der Waals surface area contributed by atoms with Crippen molar-refractivity contribution in [2.45, 2.75) is 38.3 Å². The Hall–Kier alpha value is -3.11. The van der Waals surface area contributed by atoms with Crippen LogP contribution in [0.1, 0.15) is 25.3 Å². The fourth-order valence-electron chi connectivity index (χ4n) is 5.90. The van der Waals surface area contributed by atoms with E-state index in [2.05, 4.69) is 84.7 Å². The highest BCUT2D eigenvalue weighted by Gasteiger charge is 2.36. The molecule has 10 nitrogen and oxygen atoms in total.